The molecule has 1 aliphatic heterocycles. The van der Waals surface area contributed by atoms with Gasteiger partial charge in [0, 0.05) is 30.2 Å². The van der Waals surface area contributed by atoms with Crippen molar-refractivity contribution < 1.29 is 14.7 Å². The van der Waals surface area contributed by atoms with E-state index in [2.05, 4.69) is 22.7 Å². The maximum Gasteiger partial charge on any atom is 0.327 e. The number of rotatable bonds is 5. The van der Waals surface area contributed by atoms with Gasteiger partial charge in [0.25, 0.3) is 0 Å². The van der Waals surface area contributed by atoms with Crippen LogP contribution in [0.3, 0.4) is 0 Å². The molecule has 8 heteroatoms. The van der Waals surface area contributed by atoms with Gasteiger partial charge in [-0.25, -0.2) is 4.79 Å². The normalized spacial score (nSPS) is 21.7. The number of azide groups is 1. The summed E-state index contributed by atoms with van der Waals surface area (Å²) in [5.74, 6) is -1.30. The molecule has 1 unspecified atom stereocenters. The van der Waals surface area contributed by atoms with E-state index >= 15 is 0 Å². The fourth-order valence-electron chi connectivity index (χ4n) is 1.69. The van der Waals surface area contributed by atoms with Crippen molar-refractivity contribution in [3.63, 3.8) is 0 Å². The van der Waals surface area contributed by atoms with Gasteiger partial charge < -0.3 is 10.0 Å². The highest BCUT2D eigenvalue weighted by Gasteiger charge is 2.36. The van der Waals surface area contributed by atoms with Gasteiger partial charge in [-0.1, -0.05) is 5.11 Å². The largest absolute Gasteiger partial charge is 0.480 e. The van der Waals surface area contributed by atoms with Crippen molar-refractivity contribution in [1.29, 1.82) is 0 Å². The molecular weight excluding hydrogens is 232 g/mol. The topological polar surface area (TPSA) is 106 Å². The molecule has 0 spiro atoms. The quantitative estimate of drug-likeness (QED) is 0.319. The van der Waals surface area contributed by atoms with Gasteiger partial charge in [0.15, 0.2) is 0 Å². The van der Waals surface area contributed by atoms with E-state index in [1.54, 1.807) is 0 Å². The molecule has 2 atom stereocenters. The maximum absolute atomic E-state index is 11.5. The van der Waals surface area contributed by atoms with Gasteiger partial charge in [-0.05, 0) is 11.4 Å². The minimum atomic E-state index is -1.06. The van der Waals surface area contributed by atoms with Gasteiger partial charge in [-0.3, -0.25) is 4.79 Å². The molecule has 0 aliphatic carbocycles. The van der Waals surface area contributed by atoms with E-state index in [9.17, 15) is 9.59 Å². The standard InChI is InChI=1S/C8H12N4O3S/c9-11-10-2-5-1-7(13)12(3-5)6(4-16)8(14)15/h5-6,16H,1-4H2,(H,14,15)/t5?,6-/m0/s1. The number of thiol groups is 1. The number of nitrogens with zero attached hydrogens (tertiary/aromatic N) is 4. The Kier molecular flexibility index (Phi) is 4.45. The summed E-state index contributed by atoms with van der Waals surface area (Å²) in [6.45, 7) is 0.535. The number of carbonyl (C=O) groups is 2. The van der Waals surface area contributed by atoms with Crippen LogP contribution in [-0.4, -0.2) is 46.8 Å². The highest BCUT2D eigenvalue weighted by molar-refractivity contribution is 7.80. The van der Waals surface area contributed by atoms with Crippen LogP contribution in [0.1, 0.15) is 6.42 Å². The fourth-order valence-corrected chi connectivity index (χ4v) is 2.05. The molecule has 0 bridgehead atoms. The molecule has 0 saturated carbocycles. The lowest BCUT2D eigenvalue weighted by Gasteiger charge is -2.22. The number of carbonyl (C=O) groups excluding carboxylic acids is 1. The summed E-state index contributed by atoms with van der Waals surface area (Å²) in [5, 5.41) is 12.3. The van der Waals surface area contributed by atoms with Crippen LogP contribution in [0.5, 0.6) is 0 Å². The van der Waals surface area contributed by atoms with Gasteiger partial charge in [-0.15, -0.1) is 0 Å². The van der Waals surface area contributed by atoms with Crippen LogP contribution in [0.25, 0.3) is 10.4 Å². The van der Waals surface area contributed by atoms with Crippen LogP contribution in [0, 0.1) is 5.92 Å². The number of hydrogen-bond donors (Lipinski definition) is 2. The Labute approximate surface area is 97.5 Å². The van der Waals surface area contributed by atoms with E-state index in [1.165, 1.54) is 4.90 Å². The Morgan fingerprint density at radius 1 is 1.81 bits per heavy atom. The van der Waals surface area contributed by atoms with Gasteiger partial charge >= 0.3 is 5.97 Å². The molecule has 1 rings (SSSR count). The van der Waals surface area contributed by atoms with Crippen molar-refractivity contribution in [2.24, 2.45) is 11.0 Å². The Hall–Kier alpha value is -1.40. The third-order valence-electron chi connectivity index (χ3n) is 2.48. The second-order valence-corrected chi connectivity index (χ2v) is 3.93. The molecule has 0 aromatic carbocycles. The zero-order valence-electron chi connectivity index (χ0n) is 8.48. The van der Waals surface area contributed by atoms with Gasteiger partial charge in [0.05, 0.1) is 0 Å². The van der Waals surface area contributed by atoms with E-state index in [1.807, 2.05) is 0 Å². The summed E-state index contributed by atoms with van der Waals surface area (Å²) in [6.07, 6.45) is 0.233. The lowest BCUT2D eigenvalue weighted by atomic mass is 10.1. The molecule has 16 heavy (non-hydrogen) atoms. The molecule has 1 saturated heterocycles. The third kappa shape index (κ3) is 2.80. The minimum Gasteiger partial charge on any atom is -0.480 e. The first-order chi connectivity index (χ1) is 7.60. The van der Waals surface area contributed by atoms with E-state index in [0.717, 1.165) is 0 Å². The van der Waals surface area contributed by atoms with Gasteiger partial charge in [-0.2, -0.15) is 12.6 Å². The molecule has 7 nitrogen and oxygen atoms in total. The predicted molar refractivity (Wildman–Crippen MR) is 59.1 cm³/mol. The van der Waals surface area contributed by atoms with E-state index in [4.69, 9.17) is 10.6 Å². The number of amides is 1. The molecule has 0 aromatic heterocycles. The Morgan fingerprint density at radius 2 is 2.50 bits per heavy atom. The minimum absolute atomic E-state index is 0.0787. The van der Waals surface area contributed by atoms with E-state index in [0.29, 0.717) is 6.54 Å². The summed E-state index contributed by atoms with van der Waals surface area (Å²) < 4.78 is 0. The molecule has 1 heterocycles. The van der Waals surface area contributed by atoms with Crippen molar-refractivity contribution in [3.05, 3.63) is 10.4 Å². The Morgan fingerprint density at radius 3 is 3.00 bits per heavy atom. The molecule has 0 aromatic rings. The molecule has 88 valence electrons. The summed E-state index contributed by atoms with van der Waals surface area (Å²) in [5.41, 5.74) is 8.16. The van der Waals surface area contributed by atoms with Crippen LogP contribution in [0.15, 0.2) is 5.11 Å². The van der Waals surface area contributed by atoms with Gasteiger partial charge in [0.1, 0.15) is 6.04 Å². The second kappa shape index (κ2) is 5.62. The highest BCUT2D eigenvalue weighted by Crippen LogP contribution is 2.21. The van der Waals surface area contributed by atoms with Crippen molar-refractivity contribution in [2.75, 3.05) is 18.8 Å². The highest BCUT2D eigenvalue weighted by atomic mass is 32.1. The summed E-state index contributed by atoms with van der Waals surface area (Å²) >= 11 is 3.91. The molecular formula is C8H12N4O3S. The van der Waals surface area contributed by atoms with E-state index in [-0.39, 0.29) is 30.5 Å². The van der Waals surface area contributed by atoms with Gasteiger partial charge in [0.2, 0.25) is 5.91 Å². The molecule has 0 radical (unpaired) electrons. The number of likely N-dealkylation sites (tertiary alicyclic amines) is 1. The van der Waals surface area contributed by atoms with Crippen molar-refractivity contribution >= 4 is 24.5 Å². The smallest absolute Gasteiger partial charge is 0.327 e. The van der Waals surface area contributed by atoms with Crippen molar-refractivity contribution in [2.45, 2.75) is 12.5 Å². The number of carboxylic acids is 1. The molecule has 1 amide bonds. The van der Waals surface area contributed by atoms with Crippen LogP contribution in [0.4, 0.5) is 0 Å². The first-order valence-corrected chi connectivity index (χ1v) is 5.37. The summed E-state index contributed by atoms with van der Waals surface area (Å²) in [7, 11) is 0. The third-order valence-corrected chi connectivity index (χ3v) is 2.82. The number of carboxylic acid groups (broad SMARTS) is 1. The average Bonchev–Trinajstić information content (AvgIpc) is 2.58. The lowest BCUT2D eigenvalue weighted by molar-refractivity contribution is -0.147. The van der Waals surface area contributed by atoms with Crippen molar-refractivity contribution in [3.8, 4) is 0 Å². The monoisotopic (exact) mass is 244 g/mol. The first kappa shape index (κ1) is 12.7. The lowest BCUT2D eigenvalue weighted by Crippen LogP contribution is -2.43. The summed E-state index contributed by atoms with van der Waals surface area (Å²) in [4.78, 5) is 26.3. The van der Waals surface area contributed by atoms with Crippen molar-refractivity contribution in [1.82, 2.24) is 4.90 Å². The SMILES string of the molecule is [N-]=[N+]=NCC1CC(=O)N([C@@H](CS)C(=O)O)C1. The molecule has 1 N–H and O–H groups in total. The number of aliphatic carboxylic acids is 1. The maximum atomic E-state index is 11.5. The Bertz CT molecular complexity index is 342. The zero-order valence-corrected chi connectivity index (χ0v) is 9.38. The van der Waals surface area contributed by atoms with Crippen LogP contribution < -0.4 is 0 Å². The van der Waals surface area contributed by atoms with Crippen LogP contribution >= 0.6 is 12.6 Å². The van der Waals surface area contributed by atoms with Crippen LogP contribution in [-0.2, 0) is 9.59 Å². The molecule has 1 fully saturated rings. The predicted octanol–water partition coefficient (Wildman–Crippen LogP) is 0.528. The zero-order chi connectivity index (χ0) is 12.1. The molecule has 1 aliphatic rings. The summed E-state index contributed by atoms with van der Waals surface area (Å²) in [6, 6.07) is -0.896. The fraction of sp³-hybridized carbons (Fsp3) is 0.750. The van der Waals surface area contributed by atoms with E-state index < -0.39 is 12.0 Å². The Balaban J connectivity index is 2.66. The first-order valence-electron chi connectivity index (χ1n) is 4.74. The van der Waals surface area contributed by atoms with Crippen LogP contribution in [0.2, 0.25) is 0 Å². The average molecular weight is 244 g/mol. The number of hydrogen-bond acceptors (Lipinski definition) is 4. The second-order valence-electron chi connectivity index (χ2n) is 3.57.